The zero-order valence-electron chi connectivity index (χ0n) is 23.2. The fourth-order valence-electron chi connectivity index (χ4n) is 5.36. The van der Waals surface area contributed by atoms with Gasteiger partial charge in [-0.05, 0) is 48.7 Å². The minimum Gasteiger partial charge on any atom is -0.389 e. The van der Waals surface area contributed by atoms with Crippen molar-refractivity contribution in [1.29, 1.82) is 0 Å². The van der Waals surface area contributed by atoms with Crippen molar-refractivity contribution < 1.29 is 22.7 Å². The molecule has 5 rings (SSSR count). The lowest BCUT2D eigenvalue weighted by atomic mass is 9.71. The van der Waals surface area contributed by atoms with Gasteiger partial charge >= 0.3 is 0 Å². The van der Waals surface area contributed by atoms with E-state index in [1.165, 1.54) is 48.5 Å². The van der Waals surface area contributed by atoms with Gasteiger partial charge in [0.15, 0.2) is 0 Å². The number of anilines is 4. The van der Waals surface area contributed by atoms with Crippen molar-refractivity contribution in [3.8, 4) is 0 Å². The average molecular weight is 638 g/mol. The number of aliphatic hydroxyl groups is 1. The monoisotopic (exact) mass is 637 g/mol. The van der Waals surface area contributed by atoms with Crippen LogP contribution in [-0.4, -0.2) is 51.3 Å². The molecule has 3 aromatic carbocycles. The van der Waals surface area contributed by atoms with Gasteiger partial charge in [0.2, 0.25) is 0 Å². The zero-order chi connectivity index (χ0) is 32.1. The Kier molecular flexibility index (Phi) is 8.54. The molecule has 14 heteroatoms. The van der Waals surface area contributed by atoms with Gasteiger partial charge < -0.3 is 25.5 Å². The van der Waals surface area contributed by atoms with Gasteiger partial charge in [0.1, 0.15) is 33.1 Å². The van der Waals surface area contributed by atoms with Crippen LogP contribution in [0.4, 0.5) is 40.4 Å². The van der Waals surface area contributed by atoms with Crippen molar-refractivity contribution in [2.24, 2.45) is 0 Å². The van der Waals surface area contributed by atoms with E-state index in [9.17, 15) is 22.7 Å². The first-order valence-corrected chi connectivity index (χ1v) is 13.8. The molecule has 44 heavy (non-hydrogen) atoms. The summed E-state index contributed by atoms with van der Waals surface area (Å²) in [5, 5.41) is 18.3. The van der Waals surface area contributed by atoms with Gasteiger partial charge in [-0.2, -0.15) is 0 Å². The van der Waals surface area contributed by atoms with Gasteiger partial charge in [0, 0.05) is 57.1 Å². The summed E-state index contributed by atoms with van der Waals surface area (Å²) >= 11 is 12.8. The van der Waals surface area contributed by atoms with Crippen molar-refractivity contribution in [3.05, 3.63) is 106 Å². The molecule has 1 aliphatic rings. The van der Waals surface area contributed by atoms with Gasteiger partial charge in [-0.1, -0.05) is 36.4 Å². The molecule has 1 aliphatic heterocycles. The Hall–Kier alpha value is -3.86. The Balaban J connectivity index is 1.87. The average Bonchev–Trinajstić information content (AvgIpc) is 3.27. The highest BCUT2D eigenvalue weighted by molar-refractivity contribution is 6.40. The number of nitrogens with one attached hydrogen (secondary N) is 2. The summed E-state index contributed by atoms with van der Waals surface area (Å²) in [7, 11) is 13.2. The first-order valence-electron chi connectivity index (χ1n) is 13.0. The van der Waals surface area contributed by atoms with Crippen molar-refractivity contribution in [3.63, 3.8) is 0 Å². The van der Waals surface area contributed by atoms with Crippen molar-refractivity contribution in [2.45, 2.75) is 18.0 Å². The minimum atomic E-state index is -2.76. The van der Waals surface area contributed by atoms with Gasteiger partial charge in [-0.25, -0.2) is 22.5 Å². The van der Waals surface area contributed by atoms with E-state index < -0.39 is 36.2 Å². The van der Waals surface area contributed by atoms with Gasteiger partial charge in [-0.3, -0.25) is 0 Å². The molecule has 2 heterocycles. The number of aromatic nitrogens is 1. The highest BCUT2D eigenvalue weighted by atomic mass is 35.5. The third-order valence-corrected chi connectivity index (χ3v) is 7.83. The van der Waals surface area contributed by atoms with Crippen molar-refractivity contribution >= 4 is 78.2 Å². The number of hydrogen-bond acceptors (Lipinski definition) is 6. The molecule has 0 fully saturated rings. The Labute approximate surface area is 263 Å². The van der Waals surface area contributed by atoms with E-state index >= 15 is 0 Å². The topological polar surface area (TPSA) is 63.7 Å². The predicted molar refractivity (Wildman–Crippen MR) is 170 cm³/mol. The molecule has 1 aromatic heterocycles. The van der Waals surface area contributed by atoms with E-state index in [-0.39, 0.29) is 44.2 Å². The molecule has 0 saturated heterocycles. The van der Waals surface area contributed by atoms with Crippen LogP contribution in [0.1, 0.15) is 22.7 Å². The molecule has 0 bridgehead atoms. The molecule has 6 nitrogen and oxygen atoms in total. The van der Waals surface area contributed by atoms with E-state index in [2.05, 4.69) is 28.8 Å². The van der Waals surface area contributed by atoms with E-state index in [0.29, 0.717) is 21.9 Å². The fraction of sp³-hybridized carbons (Fsp3) is 0.167. The number of nitrogens with zero attached hydrogens (tertiary/aromatic N) is 3. The smallest absolute Gasteiger partial charge is 0.255 e. The van der Waals surface area contributed by atoms with Crippen LogP contribution in [0, 0.1) is 11.6 Å². The number of benzene rings is 3. The highest BCUT2D eigenvalue weighted by Crippen LogP contribution is 2.52. The summed E-state index contributed by atoms with van der Waals surface area (Å²) in [6.07, 6.45) is -0.155. The van der Waals surface area contributed by atoms with E-state index in [1.807, 2.05) is 0 Å². The van der Waals surface area contributed by atoms with E-state index in [0.717, 1.165) is 17.2 Å². The molecule has 0 saturated carbocycles. The fourth-order valence-corrected chi connectivity index (χ4v) is 5.86. The molecular formula is C30H23B2Cl2F4N5O. The second-order valence-electron chi connectivity index (χ2n) is 10.2. The van der Waals surface area contributed by atoms with Crippen LogP contribution < -0.4 is 20.4 Å². The summed E-state index contributed by atoms with van der Waals surface area (Å²) in [6.45, 7) is 7.09. The first kappa shape index (κ1) is 31.6. The van der Waals surface area contributed by atoms with Gasteiger partial charge in [0.25, 0.3) is 6.43 Å². The lowest BCUT2D eigenvalue weighted by molar-refractivity contribution is 0.156. The second-order valence-corrected chi connectivity index (χ2v) is 11.0. The molecule has 1 atom stereocenters. The number of pyridine rings is 1. The number of rotatable bonds is 9. The molecule has 1 unspecified atom stereocenters. The Morgan fingerprint density at radius 2 is 1.84 bits per heavy atom. The lowest BCUT2D eigenvalue weighted by Gasteiger charge is -2.39. The summed E-state index contributed by atoms with van der Waals surface area (Å²) in [5.74, 6) is -1.000. The largest absolute Gasteiger partial charge is 0.389 e. The third-order valence-electron chi connectivity index (χ3n) is 7.18. The van der Waals surface area contributed by atoms with Crippen LogP contribution in [-0.2, 0) is 0 Å². The normalized spacial score (nSPS) is 14.5. The molecule has 4 aromatic rings. The van der Waals surface area contributed by atoms with Gasteiger partial charge in [-0.15, -0.1) is 0 Å². The maximum absolute atomic E-state index is 14.5. The molecule has 0 spiro atoms. The Morgan fingerprint density at radius 3 is 2.50 bits per heavy atom. The maximum Gasteiger partial charge on any atom is 0.255 e. The Morgan fingerprint density at radius 1 is 1.11 bits per heavy atom. The summed E-state index contributed by atoms with van der Waals surface area (Å²) in [6, 6.07) is 8.49. The zero-order valence-corrected chi connectivity index (χ0v) is 24.7. The third kappa shape index (κ3) is 5.81. The number of alkyl halides is 2. The molecule has 222 valence electrons. The standard InChI is InChI=1S/C30H23B2Cl2F4N5O/c1-4-43(30(31,32)44)28-23(42(3)13-24(37)38)12-22(41-29-18-10-16(36)11-21(34)17(18)7-8-39-29)26-25(28)14(2)40-27(26)19-9-15(35)5-6-20(19)33/h4-12,24,27,40,44H,1-2,13H2,3H3,(H,39,41). The number of halogens is 6. The first-order chi connectivity index (χ1) is 20.7. The summed E-state index contributed by atoms with van der Waals surface area (Å²) < 4.78 is 56.4. The molecule has 3 N–H and O–H groups in total. The van der Waals surface area contributed by atoms with E-state index in [4.69, 9.17) is 38.9 Å². The quantitative estimate of drug-likeness (QED) is 0.106. The second kappa shape index (κ2) is 11.9. The van der Waals surface area contributed by atoms with E-state index in [1.54, 1.807) is 6.07 Å². The molecule has 0 aliphatic carbocycles. The molecule has 0 amide bonds. The van der Waals surface area contributed by atoms with Crippen LogP contribution in [0.3, 0.4) is 0 Å². The van der Waals surface area contributed by atoms with Crippen molar-refractivity contribution in [2.75, 3.05) is 28.7 Å². The summed E-state index contributed by atoms with van der Waals surface area (Å²) in [4.78, 5) is 6.62. The van der Waals surface area contributed by atoms with Crippen LogP contribution in [0.15, 0.2) is 68.0 Å². The number of fused-ring (bicyclic) bond motifs is 2. The number of hydrogen-bond donors (Lipinski definition) is 3. The van der Waals surface area contributed by atoms with Crippen LogP contribution >= 0.6 is 23.2 Å². The van der Waals surface area contributed by atoms with Crippen LogP contribution in [0.25, 0.3) is 16.5 Å². The SMILES string of the molecule is [B]C([B])(O)N(C=C)c1c(N(C)CC(F)F)cc(Nc2nccc3c(Cl)cc(F)cc23)c2c1C(=C)NC2c1cc(F)ccc1Cl. The van der Waals surface area contributed by atoms with Crippen LogP contribution in [0.2, 0.25) is 10.0 Å². The minimum absolute atomic E-state index is 0.0729. The predicted octanol–water partition coefficient (Wildman–Crippen LogP) is 6.82. The molecule has 4 radical (unpaired) electrons. The summed E-state index contributed by atoms with van der Waals surface area (Å²) in [5.41, 5.74) is -0.840. The maximum atomic E-state index is 14.5. The molecular weight excluding hydrogens is 615 g/mol. The van der Waals surface area contributed by atoms with Crippen molar-refractivity contribution in [1.82, 2.24) is 10.3 Å². The van der Waals surface area contributed by atoms with Gasteiger partial charge in [0.05, 0.1) is 34.5 Å². The van der Waals surface area contributed by atoms with Crippen LogP contribution in [0.5, 0.6) is 0 Å². The highest BCUT2D eigenvalue weighted by Gasteiger charge is 2.38. The Bertz CT molecular complexity index is 1800. The lowest BCUT2D eigenvalue weighted by Crippen LogP contribution is -2.48.